The van der Waals surface area contributed by atoms with Gasteiger partial charge in [-0.3, -0.25) is 14.4 Å². The van der Waals surface area contributed by atoms with Crippen molar-refractivity contribution < 1.29 is 29.4 Å². The van der Waals surface area contributed by atoms with Crippen LogP contribution in [0.4, 0.5) is 0 Å². The summed E-state index contributed by atoms with van der Waals surface area (Å²) in [6.07, 6.45) is -0.300. The van der Waals surface area contributed by atoms with Crippen LogP contribution in [-0.4, -0.2) is 52.6 Å². The van der Waals surface area contributed by atoms with E-state index in [0.29, 0.717) is 0 Å². The quantitative estimate of drug-likeness (QED) is 0.347. The Balaban J connectivity index is 4.27. The second-order valence-electron chi connectivity index (χ2n) is 5.01. The Morgan fingerprint density at radius 1 is 1.14 bits per heavy atom. The molecule has 2 atom stereocenters. The Labute approximate surface area is 121 Å². The molecule has 6 N–H and O–H groups in total. The van der Waals surface area contributed by atoms with Gasteiger partial charge in [0.15, 0.2) is 0 Å². The summed E-state index contributed by atoms with van der Waals surface area (Å²) in [5.41, 5.74) is 5.30. The number of carboxylic acids is 2. The minimum atomic E-state index is -1.26. The fourth-order valence-electron chi connectivity index (χ4n) is 1.52. The normalized spacial score (nSPS) is 13.3. The van der Waals surface area contributed by atoms with Gasteiger partial charge in [-0.2, -0.15) is 0 Å². The fraction of sp³-hybridized carbons (Fsp3) is 0.667. The largest absolute Gasteiger partial charge is 0.481 e. The van der Waals surface area contributed by atoms with Crippen molar-refractivity contribution in [1.29, 1.82) is 0 Å². The first-order valence-corrected chi connectivity index (χ1v) is 6.40. The van der Waals surface area contributed by atoms with E-state index in [0.717, 1.165) is 0 Å². The number of nitrogens with one attached hydrogen (secondary N) is 2. The van der Waals surface area contributed by atoms with Crippen LogP contribution >= 0.6 is 0 Å². The highest BCUT2D eigenvalue weighted by molar-refractivity contribution is 5.90. The fourth-order valence-corrected chi connectivity index (χ4v) is 1.52. The Hall–Kier alpha value is -2.16. The molecule has 0 bridgehead atoms. The second kappa shape index (κ2) is 8.90. The van der Waals surface area contributed by atoms with Crippen molar-refractivity contribution in [2.45, 2.75) is 38.8 Å². The van der Waals surface area contributed by atoms with E-state index in [1.165, 1.54) is 0 Å². The van der Waals surface area contributed by atoms with Crippen LogP contribution < -0.4 is 16.4 Å². The van der Waals surface area contributed by atoms with E-state index >= 15 is 0 Å². The van der Waals surface area contributed by atoms with Crippen molar-refractivity contribution in [3.63, 3.8) is 0 Å². The molecule has 0 spiro atoms. The number of carbonyl (C=O) groups excluding carboxylic acids is 2. The highest BCUT2D eigenvalue weighted by atomic mass is 16.4. The van der Waals surface area contributed by atoms with Crippen molar-refractivity contribution in [1.82, 2.24) is 10.6 Å². The van der Waals surface area contributed by atoms with Gasteiger partial charge in [0, 0.05) is 0 Å². The molecule has 0 saturated carbocycles. The molecule has 0 radical (unpaired) electrons. The summed E-state index contributed by atoms with van der Waals surface area (Å²) in [6.45, 7) is 3.16. The van der Waals surface area contributed by atoms with Gasteiger partial charge < -0.3 is 26.6 Å². The summed E-state index contributed by atoms with van der Waals surface area (Å²) in [6, 6.07) is -2.30. The average Bonchev–Trinajstić information content (AvgIpc) is 2.33. The van der Waals surface area contributed by atoms with E-state index in [2.05, 4.69) is 10.6 Å². The summed E-state index contributed by atoms with van der Waals surface area (Å²) in [5, 5.41) is 21.8. The molecule has 0 aromatic heterocycles. The third kappa shape index (κ3) is 8.58. The van der Waals surface area contributed by atoms with Crippen molar-refractivity contribution in [2.75, 3.05) is 6.54 Å². The van der Waals surface area contributed by atoms with E-state index in [1.54, 1.807) is 0 Å². The zero-order chi connectivity index (χ0) is 16.6. The molecule has 0 aliphatic carbocycles. The average molecular weight is 303 g/mol. The predicted molar refractivity (Wildman–Crippen MR) is 72.3 cm³/mol. The Morgan fingerprint density at radius 3 is 2.14 bits per heavy atom. The van der Waals surface area contributed by atoms with Crippen LogP contribution in [0.1, 0.15) is 26.7 Å². The van der Waals surface area contributed by atoms with E-state index in [4.69, 9.17) is 15.9 Å². The molecule has 0 aromatic rings. The summed E-state index contributed by atoms with van der Waals surface area (Å²) in [4.78, 5) is 44.2. The van der Waals surface area contributed by atoms with Gasteiger partial charge in [-0.1, -0.05) is 13.8 Å². The van der Waals surface area contributed by atoms with Crippen LogP contribution in [-0.2, 0) is 19.2 Å². The summed E-state index contributed by atoms with van der Waals surface area (Å²) >= 11 is 0. The molecule has 0 unspecified atom stereocenters. The minimum absolute atomic E-state index is 0.0741. The molecule has 9 heteroatoms. The van der Waals surface area contributed by atoms with Gasteiger partial charge in [0.05, 0.1) is 19.0 Å². The maximum absolute atomic E-state index is 11.5. The van der Waals surface area contributed by atoms with Gasteiger partial charge in [-0.05, 0) is 12.3 Å². The monoisotopic (exact) mass is 303 g/mol. The lowest BCUT2D eigenvalue weighted by molar-refractivity contribution is -0.142. The van der Waals surface area contributed by atoms with Crippen LogP contribution in [0, 0.1) is 5.92 Å². The van der Waals surface area contributed by atoms with Crippen molar-refractivity contribution in [2.24, 2.45) is 11.7 Å². The zero-order valence-corrected chi connectivity index (χ0v) is 12.0. The van der Waals surface area contributed by atoms with Crippen LogP contribution in [0.25, 0.3) is 0 Å². The van der Waals surface area contributed by atoms with Gasteiger partial charge in [-0.15, -0.1) is 0 Å². The van der Waals surface area contributed by atoms with Crippen LogP contribution in [0.15, 0.2) is 0 Å². The Morgan fingerprint density at radius 2 is 1.71 bits per heavy atom. The Kier molecular flexibility index (Phi) is 7.99. The standard InChI is InChI=1S/C12H21N3O6/c1-6(2)3-8(12(20)21)15-9(16)5-14-11(19)7(13)4-10(17)18/h6-8H,3-5,13H2,1-2H3,(H,14,19)(H,15,16)(H,17,18)(H,20,21)/t7-,8-/m0/s1. The maximum Gasteiger partial charge on any atom is 0.326 e. The predicted octanol–water partition coefficient (Wildman–Crippen LogP) is -1.48. The highest BCUT2D eigenvalue weighted by Crippen LogP contribution is 2.04. The minimum Gasteiger partial charge on any atom is -0.481 e. The summed E-state index contributed by atoms with van der Waals surface area (Å²) < 4.78 is 0. The molecule has 9 nitrogen and oxygen atoms in total. The molecule has 0 aliphatic rings. The summed E-state index contributed by atoms with van der Waals surface area (Å²) in [7, 11) is 0. The number of hydrogen-bond acceptors (Lipinski definition) is 5. The lowest BCUT2D eigenvalue weighted by Crippen LogP contribution is -2.49. The highest BCUT2D eigenvalue weighted by Gasteiger charge is 2.22. The van der Waals surface area contributed by atoms with Crippen LogP contribution in [0.5, 0.6) is 0 Å². The number of hydrogen-bond donors (Lipinski definition) is 5. The van der Waals surface area contributed by atoms with Crippen LogP contribution in [0.2, 0.25) is 0 Å². The first kappa shape index (κ1) is 18.8. The van der Waals surface area contributed by atoms with E-state index in [9.17, 15) is 19.2 Å². The van der Waals surface area contributed by atoms with Crippen molar-refractivity contribution >= 4 is 23.8 Å². The molecule has 0 aliphatic heterocycles. The first-order valence-electron chi connectivity index (χ1n) is 6.40. The van der Waals surface area contributed by atoms with Crippen molar-refractivity contribution in [3.05, 3.63) is 0 Å². The van der Waals surface area contributed by atoms with Crippen molar-refractivity contribution in [3.8, 4) is 0 Å². The van der Waals surface area contributed by atoms with Gasteiger partial charge in [0.2, 0.25) is 11.8 Å². The first-order chi connectivity index (χ1) is 9.63. The topological polar surface area (TPSA) is 159 Å². The molecular formula is C12H21N3O6. The number of carboxylic acid groups (broad SMARTS) is 2. The third-order valence-electron chi connectivity index (χ3n) is 2.49. The number of carbonyl (C=O) groups is 4. The smallest absolute Gasteiger partial charge is 0.326 e. The third-order valence-corrected chi connectivity index (χ3v) is 2.49. The molecule has 0 heterocycles. The second-order valence-corrected chi connectivity index (χ2v) is 5.01. The number of rotatable bonds is 9. The van der Waals surface area contributed by atoms with E-state index < -0.39 is 48.8 Å². The molecular weight excluding hydrogens is 282 g/mol. The number of nitrogens with two attached hydrogens (primary N) is 1. The van der Waals surface area contributed by atoms with Gasteiger partial charge in [0.1, 0.15) is 6.04 Å². The van der Waals surface area contributed by atoms with Gasteiger partial charge >= 0.3 is 11.9 Å². The van der Waals surface area contributed by atoms with Gasteiger partial charge in [-0.25, -0.2) is 4.79 Å². The van der Waals surface area contributed by atoms with E-state index in [1.807, 2.05) is 13.8 Å². The van der Waals surface area contributed by atoms with Gasteiger partial charge in [0.25, 0.3) is 0 Å². The molecule has 0 saturated heterocycles. The maximum atomic E-state index is 11.5. The number of amides is 2. The lowest BCUT2D eigenvalue weighted by atomic mass is 10.0. The molecule has 0 aromatic carbocycles. The van der Waals surface area contributed by atoms with E-state index in [-0.39, 0.29) is 12.3 Å². The molecule has 120 valence electrons. The molecule has 21 heavy (non-hydrogen) atoms. The lowest BCUT2D eigenvalue weighted by Gasteiger charge is -2.17. The molecule has 0 rings (SSSR count). The Bertz CT molecular complexity index is 410. The molecule has 0 fully saturated rings. The summed E-state index contributed by atoms with van der Waals surface area (Å²) in [5.74, 6) is -3.79. The zero-order valence-electron chi connectivity index (χ0n) is 12.0. The molecule has 2 amide bonds. The van der Waals surface area contributed by atoms with Crippen LogP contribution in [0.3, 0.4) is 0 Å². The number of aliphatic carboxylic acids is 2. The SMILES string of the molecule is CC(C)C[C@H](NC(=O)CNC(=O)[C@@H](N)CC(=O)O)C(=O)O.